The van der Waals surface area contributed by atoms with Gasteiger partial charge in [0.05, 0.1) is 5.92 Å². The van der Waals surface area contributed by atoms with Gasteiger partial charge in [0.25, 0.3) is 0 Å². The van der Waals surface area contributed by atoms with E-state index in [1.54, 1.807) is 0 Å². The van der Waals surface area contributed by atoms with Gasteiger partial charge in [0.15, 0.2) is 0 Å². The molecule has 1 saturated carbocycles. The summed E-state index contributed by atoms with van der Waals surface area (Å²) in [5.41, 5.74) is 0. The number of Topliss-reactive ketones (excluding diaryl/α,β-unsaturated/α-hetero) is 1. The van der Waals surface area contributed by atoms with Crippen LogP contribution in [0.3, 0.4) is 0 Å². The molecule has 140 valence electrons. The van der Waals surface area contributed by atoms with Crippen molar-refractivity contribution >= 4 is 20.5 Å². The van der Waals surface area contributed by atoms with Crippen molar-refractivity contribution in [3.63, 3.8) is 0 Å². The highest BCUT2D eigenvalue weighted by Crippen LogP contribution is 2.21. The number of hydrogen-bond donors (Lipinski definition) is 1. The Kier molecular flexibility index (Phi) is 10.4. The highest BCUT2D eigenvalue weighted by atomic mass is 28.4. The molecule has 0 aromatic heterocycles. The van der Waals surface area contributed by atoms with E-state index in [4.69, 9.17) is 13.3 Å². The molecule has 0 aromatic carbocycles. The molecule has 0 saturated heterocycles. The first-order valence-electron chi connectivity index (χ1n) is 9.30. The molecule has 1 aliphatic rings. The summed E-state index contributed by atoms with van der Waals surface area (Å²) in [6, 6.07) is 0.668. The fraction of sp³-hybridized carbons (Fsp3) is 0.882. The van der Waals surface area contributed by atoms with Crippen LogP contribution in [0.5, 0.6) is 0 Å². The van der Waals surface area contributed by atoms with Crippen LogP contribution in [0.1, 0.15) is 59.3 Å². The van der Waals surface area contributed by atoms with Gasteiger partial charge in [0, 0.05) is 38.8 Å². The zero-order valence-electron chi connectivity index (χ0n) is 15.4. The van der Waals surface area contributed by atoms with E-state index in [1.165, 1.54) is 0 Å². The summed E-state index contributed by atoms with van der Waals surface area (Å²) in [6.45, 7) is 7.96. The van der Waals surface area contributed by atoms with E-state index < -0.39 is 14.7 Å². The minimum absolute atomic E-state index is 0.0895. The summed E-state index contributed by atoms with van der Waals surface area (Å²) in [4.78, 5) is 24.2. The van der Waals surface area contributed by atoms with Gasteiger partial charge in [-0.2, -0.15) is 0 Å². The molecule has 0 spiro atoms. The average Bonchev–Trinajstić information content (AvgIpc) is 2.77. The Morgan fingerprint density at radius 3 is 2.29 bits per heavy atom. The Balaban J connectivity index is 2.43. The SMILES string of the molecule is CCO[Si](CCCNC(=O)C1CCCCCC1=O)(OCC)OCC. The number of ketones is 1. The summed E-state index contributed by atoms with van der Waals surface area (Å²) in [6.07, 6.45) is 4.85. The van der Waals surface area contributed by atoms with Gasteiger partial charge in [-0.1, -0.05) is 12.8 Å². The number of carbonyl (C=O) groups is 2. The van der Waals surface area contributed by atoms with E-state index >= 15 is 0 Å². The number of nitrogens with one attached hydrogen (secondary N) is 1. The average molecular weight is 360 g/mol. The lowest BCUT2D eigenvalue weighted by Crippen LogP contribution is -2.46. The third kappa shape index (κ3) is 7.00. The fourth-order valence-electron chi connectivity index (χ4n) is 3.08. The zero-order chi connectivity index (χ0) is 17.8. The lowest BCUT2D eigenvalue weighted by molar-refractivity contribution is -0.134. The lowest BCUT2D eigenvalue weighted by Gasteiger charge is -2.28. The monoisotopic (exact) mass is 359 g/mol. The molecule has 6 nitrogen and oxygen atoms in total. The van der Waals surface area contributed by atoms with Crippen LogP contribution in [-0.4, -0.2) is 46.9 Å². The Hall–Kier alpha value is -0.763. The maximum absolute atomic E-state index is 12.2. The number of rotatable bonds is 11. The molecule has 0 heterocycles. The molecule has 7 heteroatoms. The smallest absolute Gasteiger partial charge is 0.374 e. The standard InChI is InChI=1S/C17H33NO5Si/c1-4-21-24(22-5-2,23-6-3)14-10-13-18-17(20)15-11-8-7-9-12-16(15)19/h15H,4-14H2,1-3H3,(H,18,20). The Morgan fingerprint density at radius 1 is 1.08 bits per heavy atom. The molecular formula is C17H33NO5Si. The second kappa shape index (κ2) is 11.7. The van der Waals surface area contributed by atoms with Gasteiger partial charge in [0.2, 0.25) is 5.91 Å². The van der Waals surface area contributed by atoms with Crippen molar-refractivity contribution in [2.45, 2.75) is 65.3 Å². The first-order chi connectivity index (χ1) is 11.6. The second-order valence-corrected chi connectivity index (χ2v) is 8.73. The van der Waals surface area contributed by atoms with Crippen LogP contribution in [0, 0.1) is 5.92 Å². The number of amides is 1. The molecule has 1 unspecified atom stereocenters. The maximum atomic E-state index is 12.2. The van der Waals surface area contributed by atoms with Crippen LogP contribution in [0.25, 0.3) is 0 Å². The summed E-state index contributed by atoms with van der Waals surface area (Å²) in [5, 5.41) is 2.91. The van der Waals surface area contributed by atoms with E-state index in [0.29, 0.717) is 45.3 Å². The van der Waals surface area contributed by atoms with E-state index in [1.807, 2.05) is 20.8 Å². The van der Waals surface area contributed by atoms with Gasteiger partial charge >= 0.3 is 8.80 Å². The maximum Gasteiger partial charge on any atom is 0.500 e. The van der Waals surface area contributed by atoms with E-state index in [9.17, 15) is 9.59 Å². The molecule has 1 aliphatic carbocycles. The van der Waals surface area contributed by atoms with Crippen molar-refractivity contribution in [3.8, 4) is 0 Å². The summed E-state index contributed by atoms with van der Waals surface area (Å²) >= 11 is 0. The molecule has 0 aliphatic heterocycles. The van der Waals surface area contributed by atoms with Gasteiger partial charge in [-0.15, -0.1) is 0 Å². The highest BCUT2D eigenvalue weighted by Gasteiger charge is 2.39. The molecule has 1 atom stereocenters. The van der Waals surface area contributed by atoms with Gasteiger partial charge in [-0.3, -0.25) is 9.59 Å². The normalized spacial score (nSPS) is 19.1. The van der Waals surface area contributed by atoms with Gasteiger partial charge in [-0.25, -0.2) is 0 Å². The van der Waals surface area contributed by atoms with Crippen LogP contribution in [0.4, 0.5) is 0 Å². The van der Waals surface area contributed by atoms with Crippen LogP contribution in [0.2, 0.25) is 6.04 Å². The molecular weight excluding hydrogens is 326 g/mol. The molecule has 0 aromatic rings. The van der Waals surface area contributed by atoms with Crippen LogP contribution < -0.4 is 5.32 Å². The van der Waals surface area contributed by atoms with Crippen molar-refractivity contribution in [2.75, 3.05) is 26.4 Å². The first kappa shape index (κ1) is 21.3. The fourth-order valence-corrected chi connectivity index (χ4v) is 5.69. The quantitative estimate of drug-likeness (QED) is 0.266. The molecule has 0 bridgehead atoms. The first-order valence-corrected chi connectivity index (χ1v) is 11.2. The minimum Gasteiger partial charge on any atom is -0.374 e. The number of carbonyl (C=O) groups excluding carboxylic acids is 2. The van der Waals surface area contributed by atoms with Crippen LogP contribution in [-0.2, 0) is 22.9 Å². The van der Waals surface area contributed by atoms with Crippen LogP contribution >= 0.6 is 0 Å². The van der Waals surface area contributed by atoms with Gasteiger partial charge in [-0.05, 0) is 40.0 Å². The van der Waals surface area contributed by atoms with Gasteiger partial charge in [0.1, 0.15) is 5.78 Å². The topological polar surface area (TPSA) is 73.9 Å². The molecule has 0 radical (unpaired) electrons. The Labute approximate surface area is 147 Å². The molecule has 1 amide bonds. The Morgan fingerprint density at radius 2 is 1.71 bits per heavy atom. The predicted octanol–water partition coefficient (Wildman–Crippen LogP) is 2.69. The summed E-state index contributed by atoms with van der Waals surface area (Å²) in [7, 11) is -2.65. The summed E-state index contributed by atoms with van der Waals surface area (Å²) in [5.74, 6) is -0.495. The van der Waals surface area contributed by atoms with E-state index in [-0.39, 0.29) is 11.7 Å². The van der Waals surface area contributed by atoms with Crippen molar-refractivity contribution in [2.24, 2.45) is 5.92 Å². The molecule has 1 rings (SSSR count). The summed E-state index contributed by atoms with van der Waals surface area (Å²) < 4.78 is 17.4. The van der Waals surface area contributed by atoms with Crippen molar-refractivity contribution in [3.05, 3.63) is 0 Å². The molecule has 24 heavy (non-hydrogen) atoms. The number of hydrogen-bond acceptors (Lipinski definition) is 5. The van der Waals surface area contributed by atoms with Crippen molar-refractivity contribution in [1.29, 1.82) is 0 Å². The minimum atomic E-state index is -2.65. The van der Waals surface area contributed by atoms with Crippen LogP contribution in [0.15, 0.2) is 0 Å². The third-order valence-corrected chi connectivity index (χ3v) is 7.32. The van der Waals surface area contributed by atoms with E-state index in [2.05, 4.69) is 5.32 Å². The van der Waals surface area contributed by atoms with E-state index in [0.717, 1.165) is 25.7 Å². The second-order valence-electron chi connectivity index (χ2n) is 5.99. The Bertz CT molecular complexity index is 374. The predicted molar refractivity (Wildman–Crippen MR) is 94.6 cm³/mol. The molecule has 1 fully saturated rings. The largest absolute Gasteiger partial charge is 0.500 e. The molecule has 1 N–H and O–H groups in total. The van der Waals surface area contributed by atoms with Crippen molar-refractivity contribution in [1.82, 2.24) is 5.32 Å². The third-order valence-electron chi connectivity index (χ3n) is 4.17. The zero-order valence-corrected chi connectivity index (χ0v) is 16.4. The van der Waals surface area contributed by atoms with Gasteiger partial charge < -0.3 is 18.6 Å². The highest BCUT2D eigenvalue weighted by molar-refractivity contribution is 6.60. The van der Waals surface area contributed by atoms with Crippen molar-refractivity contribution < 1.29 is 22.9 Å². The lowest BCUT2D eigenvalue weighted by atomic mass is 9.98.